The first-order valence-electron chi connectivity index (χ1n) is 5.34. The molecular formula is C11H19N3O2S. The normalized spacial score (nSPS) is 11.8. The quantitative estimate of drug-likeness (QED) is 0.816. The maximum Gasteiger partial charge on any atom is 0.242 e. The Morgan fingerprint density at radius 2 is 1.82 bits per heavy atom. The minimum atomic E-state index is -3.41. The average Bonchev–Trinajstić information content (AvgIpc) is 2.28. The summed E-state index contributed by atoms with van der Waals surface area (Å²) >= 11 is 0. The molecular weight excluding hydrogens is 238 g/mol. The molecule has 0 aliphatic rings. The van der Waals surface area contributed by atoms with E-state index in [1.165, 1.54) is 24.5 Å². The van der Waals surface area contributed by atoms with Gasteiger partial charge in [-0.05, 0) is 25.1 Å². The minimum Gasteiger partial charge on any atom is -0.397 e. The van der Waals surface area contributed by atoms with Gasteiger partial charge in [0.05, 0.1) is 16.3 Å². The zero-order valence-corrected chi connectivity index (χ0v) is 11.5. The summed E-state index contributed by atoms with van der Waals surface area (Å²) < 4.78 is 25.1. The first-order chi connectivity index (χ1) is 7.80. The van der Waals surface area contributed by atoms with Crippen LogP contribution >= 0.6 is 0 Å². The molecule has 1 rings (SSSR count). The lowest BCUT2D eigenvalue weighted by Gasteiger charge is -2.20. The first-order valence-corrected chi connectivity index (χ1v) is 6.78. The second-order valence-electron chi connectivity index (χ2n) is 4.02. The summed E-state index contributed by atoms with van der Waals surface area (Å²) in [6, 6.07) is 4.75. The molecule has 0 aromatic heterocycles. The van der Waals surface area contributed by atoms with Crippen molar-refractivity contribution in [3.63, 3.8) is 0 Å². The summed E-state index contributed by atoms with van der Waals surface area (Å²) in [4.78, 5) is 2.16. The van der Waals surface area contributed by atoms with Crippen LogP contribution in [-0.4, -0.2) is 40.4 Å². The first kappa shape index (κ1) is 13.8. The van der Waals surface area contributed by atoms with E-state index in [0.717, 1.165) is 12.2 Å². The third-order valence-electron chi connectivity index (χ3n) is 2.67. The SMILES string of the molecule is CCN(C)c1cc(S(=O)(=O)N(C)C)ccc1N. The Labute approximate surface area is 103 Å². The molecule has 5 nitrogen and oxygen atoms in total. The van der Waals surface area contributed by atoms with Gasteiger partial charge in [0.15, 0.2) is 0 Å². The smallest absolute Gasteiger partial charge is 0.242 e. The highest BCUT2D eigenvalue weighted by molar-refractivity contribution is 7.89. The highest BCUT2D eigenvalue weighted by atomic mass is 32.2. The molecule has 0 heterocycles. The van der Waals surface area contributed by atoms with Crippen LogP contribution in [0, 0.1) is 0 Å². The predicted molar refractivity (Wildman–Crippen MR) is 70.7 cm³/mol. The van der Waals surface area contributed by atoms with Crippen LogP contribution in [0.5, 0.6) is 0 Å². The van der Waals surface area contributed by atoms with Gasteiger partial charge in [0.25, 0.3) is 0 Å². The van der Waals surface area contributed by atoms with Crippen molar-refractivity contribution in [1.29, 1.82) is 0 Å². The number of nitrogens with two attached hydrogens (primary N) is 1. The van der Waals surface area contributed by atoms with E-state index in [2.05, 4.69) is 0 Å². The number of benzene rings is 1. The Bertz CT molecular complexity index is 497. The van der Waals surface area contributed by atoms with Crippen LogP contribution in [-0.2, 0) is 10.0 Å². The summed E-state index contributed by atoms with van der Waals surface area (Å²) in [5, 5.41) is 0. The van der Waals surface area contributed by atoms with Crippen molar-refractivity contribution in [1.82, 2.24) is 4.31 Å². The number of sulfonamides is 1. The van der Waals surface area contributed by atoms with Gasteiger partial charge in [0.2, 0.25) is 10.0 Å². The van der Waals surface area contributed by atoms with E-state index in [9.17, 15) is 8.42 Å². The van der Waals surface area contributed by atoms with Gasteiger partial charge in [-0.1, -0.05) is 0 Å². The summed E-state index contributed by atoms with van der Waals surface area (Å²) in [7, 11) is 1.48. The fourth-order valence-corrected chi connectivity index (χ4v) is 2.32. The monoisotopic (exact) mass is 257 g/mol. The lowest BCUT2D eigenvalue weighted by atomic mass is 10.2. The lowest BCUT2D eigenvalue weighted by Crippen LogP contribution is -2.23. The number of anilines is 2. The largest absolute Gasteiger partial charge is 0.397 e. The molecule has 0 saturated heterocycles. The third-order valence-corrected chi connectivity index (χ3v) is 4.48. The van der Waals surface area contributed by atoms with Gasteiger partial charge in [-0.15, -0.1) is 0 Å². The van der Waals surface area contributed by atoms with Crippen LogP contribution in [0.2, 0.25) is 0 Å². The predicted octanol–water partition coefficient (Wildman–Crippen LogP) is 0.975. The molecule has 17 heavy (non-hydrogen) atoms. The van der Waals surface area contributed by atoms with Crippen LogP contribution in [0.1, 0.15) is 6.92 Å². The molecule has 0 amide bonds. The molecule has 0 fully saturated rings. The van der Waals surface area contributed by atoms with Crippen LogP contribution in [0.25, 0.3) is 0 Å². The van der Waals surface area contributed by atoms with E-state index < -0.39 is 10.0 Å². The summed E-state index contributed by atoms with van der Waals surface area (Å²) in [6.45, 7) is 2.74. The maximum atomic E-state index is 12.0. The standard InChI is InChI=1S/C11H19N3O2S/c1-5-14(4)11-8-9(6-7-10(11)12)17(15,16)13(2)3/h6-8H,5,12H2,1-4H3. The minimum absolute atomic E-state index is 0.256. The van der Waals surface area contributed by atoms with Crippen LogP contribution in [0.3, 0.4) is 0 Å². The highest BCUT2D eigenvalue weighted by Crippen LogP contribution is 2.26. The Morgan fingerprint density at radius 1 is 1.24 bits per heavy atom. The van der Waals surface area contributed by atoms with Crippen LogP contribution < -0.4 is 10.6 Å². The van der Waals surface area contributed by atoms with Gasteiger partial charge in [-0.3, -0.25) is 0 Å². The van der Waals surface area contributed by atoms with Gasteiger partial charge >= 0.3 is 0 Å². The zero-order valence-electron chi connectivity index (χ0n) is 10.6. The number of hydrogen-bond donors (Lipinski definition) is 1. The maximum absolute atomic E-state index is 12.0. The zero-order chi connectivity index (χ0) is 13.2. The topological polar surface area (TPSA) is 66.6 Å². The van der Waals surface area contributed by atoms with E-state index in [-0.39, 0.29) is 4.90 Å². The van der Waals surface area contributed by atoms with Crippen molar-refractivity contribution in [3.05, 3.63) is 18.2 Å². The van der Waals surface area contributed by atoms with E-state index in [4.69, 9.17) is 5.73 Å². The molecule has 0 atom stereocenters. The molecule has 1 aromatic carbocycles. The molecule has 2 N–H and O–H groups in total. The van der Waals surface area contributed by atoms with Crippen molar-refractivity contribution in [3.8, 4) is 0 Å². The van der Waals surface area contributed by atoms with Crippen molar-refractivity contribution < 1.29 is 8.42 Å². The van der Waals surface area contributed by atoms with Crippen LogP contribution in [0.15, 0.2) is 23.1 Å². The molecule has 0 saturated carbocycles. The van der Waals surface area contributed by atoms with Gasteiger partial charge in [0.1, 0.15) is 0 Å². The Hall–Kier alpha value is -1.27. The number of hydrogen-bond acceptors (Lipinski definition) is 4. The fourth-order valence-electron chi connectivity index (χ4n) is 1.40. The summed E-state index contributed by atoms with van der Waals surface area (Å²) in [5.41, 5.74) is 7.14. The van der Waals surface area contributed by atoms with E-state index >= 15 is 0 Å². The van der Waals surface area contributed by atoms with E-state index in [0.29, 0.717) is 5.69 Å². The van der Waals surface area contributed by atoms with E-state index in [1.54, 1.807) is 12.1 Å². The fraction of sp³-hybridized carbons (Fsp3) is 0.455. The summed E-state index contributed by atoms with van der Waals surface area (Å²) in [5.74, 6) is 0. The van der Waals surface area contributed by atoms with Gasteiger partial charge in [-0.25, -0.2) is 12.7 Å². The molecule has 6 heteroatoms. The second kappa shape index (κ2) is 4.93. The third kappa shape index (κ3) is 2.70. The Balaban J connectivity index is 3.32. The molecule has 0 unspecified atom stereocenters. The molecule has 0 aliphatic heterocycles. The number of nitrogen functional groups attached to an aromatic ring is 1. The average molecular weight is 257 g/mol. The molecule has 0 aliphatic carbocycles. The van der Waals surface area contributed by atoms with Crippen LogP contribution in [0.4, 0.5) is 11.4 Å². The number of rotatable bonds is 4. The van der Waals surface area contributed by atoms with E-state index in [1.807, 2.05) is 18.9 Å². The Morgan fingerprint density at radius 3 is 2.29 bits per heavy atom. The molecule has 1 aromatic rings. The van der Waals surface area contributed by atoms with Gasteiger partial charge in [0, 0.05) is 27.7 Å². The lowest BCUT2D eigenvalue weighted by molar-refractivity contribution is 0.521. The second-order valence-corrected chi connectivity index (χ2v) is 6.17. The van der Waals surface area contributed by atoms with Crippen molar-refractivity contribution in [2.24, 2.45) is 0 Å². The number of nitrogens with zero attached hydrogens (tertiary/aromatic N) is 2. The van der Waals surface area contributed by atoms with Gasteiger partial charge in [-0.2, -0.15) is 0 Å². The molecule has 0 bridgehead atoms. The van der Waals surface area contributed by atoms with Gasteiger partial charge < -0.3 is 10.6 Å². The molecule has 96 valence electrons. The molecule has 0 spiro atoms. The Kier molecular flexibility index (Phi) is 4.00. The van der Waals surface area contributed by atoms with Crippen molar-refractivity contribution >= 4 is 21.4 Å². The van der Waals surface area contributed by atoms with Crippen molar-refractivity contribution in [2.45, 2.75) is 11.8 Å². The van der Waals surface area contributed by atoms with Crippen molar-refractivity contribution in [2.75, 3.05) is 38.3 Å². The highest BCUT2D eigenvalue weighted by Gasteiger charge is 2.18. The summed E-state index contributed by atoms with van der Waals surface area (Å²) in [6.07, 6.45) is 0. The molecule has 0 radical (unpaired) electrons.